The fraction of sp³-hybridized carbons (Fsp3) is 0. The maximum absolute atomic E-state index is 5.70. The van der Waals surface area contributed by atoms with Crippen molar-refractivity contribution in [3.05, 3.63) is 243 Å². The van der Waals surface area contributed by atoms with Gasteiger partial charge >= 0.3 is 0 Å². The zero-order chi connectivity index (χ0) is 44.3. The number of benzene rings is 10. The van der Waals surface area contributed by atoms with Gasteiger partial charge < -0.3 is 0 Å². The average Bonchev–Trinajstić information content (AvgIpc) is 4.12. The largest absolute Gasteiger partial charge is 0.292 e. The Bertz CT molecular complexity index is 3930. The standard InChI is InChI=1S/C61H40N6/c1-5-19-43(20-6-1)61-64-57-55(41-33-37-44(38-34-41)59-62-51-29-15-17-31-53(51)65(59)46-21-7-2-8-22-46)49-27-13-14-28-50(49)56(58(57)67(61)48-25-11-4-12-26-48)42-35-39-45(40-36-42)60-63-52-30-16-18-32-54(52)66(60)47-23-9-3-10-24-47/h1-40H. The lowest BCUT2D eigenvalue weighted by molar-refractivity contribution is 1.10. The van der Waals surface area contributed by atoms with Crippen molar-refractivity contribution in [3.63, 3.8) is 0 Å². The zero-order valence-corrected chi connectivity index (χ0v) is 36.3. The summed E-state index contributed by atoms with van der Waals surface area (Å²) >= 11 is 0. The molecule has 6 heteroatoms. The van der Waals surface area contributed by atoms with E-state index in [-0.39, 0.29) is 0 Å². The monoisotopic (exact) mass is 856 g/mol. The molecule has 3 heterocycles. The maximum atomic E-state index is 5.70. The molecular weight excluding hydrogens is 817 g/mol. The quantitative estimate of drug-likeness (QED) is 0.153. The number of hydrogen-bond donors (Lipinski definition) is 0. The number of hydrogen-bond acceptors (Lipinski definition) is 3. The highest BCUT2D eigenvalue weighted by atomic mass is 15.1. The first-order chi connectivity index (χ1) is 33.3. The maximum Gasteiger partial charge on any atom is 0.145 e. The van der Waals surface area contributed by atoms with E-state index in [4.69, 9.17) is 15.0 Å². The van der Waals surface area contributed by atoms with Crippen molar-refractivity contribution in [2.45, 2.75) is 0 Å². The summed E-state index contributed by atoms with van der Waals surface area (Å²) in [5.41, 5.74) is 16.6. The van der Waals surface area contributed by atoms with Crippen molar-refractivity contribution in [2.24, 2.45) is 0 Å². The highest BCUT2D eigenvalue weighted by Gasteiger charge is 2.26. The Balaban J connectivity index is 1.05. The number of nitrogens with zero attached hydrogens (tertiary/aromatic N) is 6. The molecule has 0 saturated carbocycles. The van der Waals surface area contributed by atoms with Gasteiger partial charge in [0.25, 0.3) is 0 Å². The van der Waals surface area contributed by atoms with Crippen LogP contribution < -0.4 is 0 Å². The first-order valence-electron chi connectivity index (χ1n) is 22.6. The van der Waals surface area contributed by atoms with E-state index < -0.39 is 0 Å². The van der Waals surface area contributed by atoms with E-state index in [1.165, 1.54) is 0 Å². The Morgan fingerprint density at radius 3 is 1.09 bits per heavy atom. The van der Waals surface area contributed by atoms with E-state index in [0.29, 0.717) is 0 Å². The van der Waals surface area contributed by atoms with Crippen LogP contribution in [-0.2, 0) is 0 Å². The third kappa shape index (κ3) is 6.38. The van der Waals surface area contributed by atoms with E-state index >= 15 is 0 Å². The Labute approximate surface area is 387 Å². The van der Waals surface area contributed by atoms with Gasteiger partial charge in [0.2, 0.25) is 0 Å². The lowest BCUT2D eigenvalue weighted by Gasteiger charge is -2.18. The van der Waals surface area contributed by atoms with Crippen LogP contribution >= 0.6 is 0 Å². The van der Waals surface area contributed by atoms with Crippen molar-refractivity contribution in [2.75, 3.05) is 0 Å². The summed E-state index contributed by atoms with van der Waals surface area (Å²) < 4.78 is 6.87. The molecule has 0 aliphatic rings. The van der Waals surface area contributed by atoms with Gasteiger partial charge in [-0.15, -0.1) is 0 Å². The van der Waals surface area contributed by atoms with Crippen molar-refractivity contribution >= 4 is 43.9 Å². The molecule has 0 aliphatic carbocycles. The van der Waals surface area contributed by atoms with Crippen LogP contribution in [0.2, 0.25) is 0 Å². The van der Waals surface area contributed by atoms with Gasteiger partial charge in [0, 0.05) is 44.9 Å². The number of para-hydroxylation sites is 7. The van der Waals surface area contributed by atoms with Gasteiger partial charge in [0.1, 0.15) is 17.5 Å². The molecule has 0 N–H and O–H groups in total. The second-order valence-corrected chi connectivity index (χ2v) is 16.8. The van der Waals surface area contributed by atoms with Crippen molar-refractivity contribution in [1.82, 2.24) is 28.7 Å². The van der Waals surface area contributed by atoms with Gasteiger partial charge in [0.05, 0.1) is 33.1 Å². The van der Waals surface area contributed by atoms with Gasteiger partial charge in [-0.05, 0) is 82.6 Å². The summed E-state index contributed by atoms with van der Waals surface area (Å²) in [6, 6.07) is 85.5. The SMILES string of the molecule is c1ccc(-c2nc3c(-c4ccc(-c5nc6ccccc6n5-c5ccccc5)cc4)c4ccccc4c(-c4ccc(-c5nc6ccccc6n5-c5ccccc5)cc4)c3n2-c2ccccc2)cc1. The first-order valence-corrected chi connectivity index (χ1v) is 22.6. The van der Waals surface area contributed by atoms with Crippen LogP contribution in [0.5, 0.6) is 0 Å². The fourth-order valence-electron chi connectivity index (χ4n) is 9.88. The molecular formula is C61H40N6. The van der Waals surface area contributed by atoms with Crippen LogP contribution in [0.15, 0.2) is 243 Å². The summed E-state index contributed by atoms with van der Waals surface area (Å²) in [5.74, 6) is 2.67. The Kier molecular flexibility index (Phi) is 9.06. The second-order valence-electron chi connectivity index (χ2n) is 16.8. The molecule has 0 atom stereocenters. The number of fused-ring (bicyclic) bond motifs is 4. The summed E-state index contributed by atoms with van der Waals surface area (Å²) in [7, 11) is 0. The number of rotatable bonds is 8. The summed E-state index contributed by atoms with van der Waals surface area (Å²) in [6.07, 6.45) is 0. The highest BCUT2D eigenvalue weighted by molar-refractivity contribution is 6.20. The molecule has 67 heavy (non-hydrogen) atoms. The predicted octanol–water partition coefficient (Wildman–Crippen LogP) is 15.2. The van der Waals surface area contributed by atoms with Gasteiger partial charge in [-0.3, -0.25) is 13.7 Å². The molecule has 0 unspecified atom stereocenters. The molecule has 314 valence electrons. The van der Waals surface area contributed by atoms with Crippen LogP contribution in [0.25, 0.3) is 117 Å². The van der Waals surface area contributed by atoms with Crippen LogP contribution in [0.1, 0.15) is 0 Å². The predicted molar refractivity (Wildman–Crippen MR) is 275 cm³/mol. The Morgan fingerprint density at radius 2 is 0.597 bits per heavy atom. The molecule has 0 spiro atoms. The molecule has 0 aliphatic heterocycles. The van der Waals surface area contributed by atoms with Crippen LogP contribution in [0, 0.1) is 0 Å². The zero-order valence-electron chi connectivity index (χ0n) is 36.3. The molecule has 0 fully saturated rings. The van der Waals surface area contributed by atoms with E-state index in [1.54, 1.807) is 0 Å². The fourth-order valence-corrected chi connectivity index (χ4v) is 9.88. The summed E-state index contributed by atoms with van der Waals surface area (Å²) in [6.45, 7) is 0. The first kappa shape index (κ1) is 38.3. The van der Waals surface area contributed by atoms with Gasteiger partial charge in [-0.1, -0.05) is 182 Å². The van der Waals surface area contributed by atoms with Gasteiger partial charge in [0.15, 0.2) is 0 Å². The highest BCUT2D eigenvalue weighted by Crippen LogP contribution is 2.47. The molecule has 0 amide bonds. The Hall–Kier alpha value is -9.13. The van der Waals surface area contributed by atoms with Gasteiger partial charge in [-0.25, -0.2) is 15.0 Å². The molecule has 6 nitrogen and oxygen atoms in total. The molecule has 13 aromatic rings. The minimum Gasteiger partial charge on any atom is -0.292 e. The third-order valence-electron chi connectivity index (χ3n) is 12.9. The van der Waals surface area contributed by atoms with Crippen molar-refractivity contribution in [3.8, 4) is 73.5 Å². The van der Waals surface area contributed by atoms with Gasteiger partial charge in [-0.2, -0.15) is 0 Å². The summed E-state index contributed by atoms with van der Waals surface area (Å²) in [4.78, 5) is 16.1. The summed E-state index contributed by atoms with van der Waals surface area (Å²) in [5, 5.41) is 2.27. The minimum absolute atomic E-state index is 0.876. The van der Waals surface area contributed by atoms with E-state index in [9.17, 15) is 0 Å². The topological polar surface area (TPSA) is 53.5 Å². The minimum atomic E-state index is 0.876. The van der Waals surface area contributed by atoms with Crippen LogP contribution in [0.4, 0.5) is 0 Å². The number of imidazole rings is 3. The normalized spacial score (nSPS) is 11.6. The van der Waals surface area contributed by atoms with E-state index in [0.717, 1.165) is 117 Å². The van der Waals surface area contributed by atoms with Crippen molar-refractivity contribution < 1.29 is 0 Å². The van der Waals surface area contributed by atoms with Crippen LogP contribution in [0.3, 0.4) is 0 Å². The molecule has 0 saturated heterocycles. The molecule has 13 rings (SSSR count). The smallest absolute Gasteiger partial charge is 0.145 e. The molecule has 0 bridgehead atoms. The lowest BCUT2D eigenvalue weighted by atomic mass is 9.89. The average molecular weight is 857 g/mol. The van der Waals surface area contributed by atoms with E-state index in [1.807, 2.05) is 6.07 Å². The third-order valence-corrected chi connectivity index (χ3v) is 12.9. The van der Waals surface area contributed by atoms with E-state index in [2.05, 4.69) is 250 Å². The lowest BCUT2D eigenvalue weighted by Crippen LogP contribution is -2.00. The Morgan fingerprint density at radius 1 is 0.254 bits per heavy atom. The second kappa shape index (κ2) is 15.8. The molecule has 0 radical (unpaired) electrons. The number of aromatic nitrogens is 6. The molecule has 10 aromatic carbocycles. The van der Waals surface area contributed by atoms with Crippen LogP contribution in [-0.4, -0.2) is 28.7 Å². The molecule has 3 aromatic heterocycles. The van der Waals surface area contributed by atoms with Crippen molar-refractivity contribution in [1.29, 1.82) is 0 Å².